The van der Waals surface area contributed by atoms with Crippen LogP contribution < -0.4 is 4.72 Å². The Kier molecular flexibility index (Phi) is 5.68. The Hall–Kier alpha value is -1.99. The molecule has 1 amide bonds. The van der Waals surface area contributed by atoms with Crippen molar-refractivity contribution in [1.29, 1.82) is 0 Å². The van der Waals surface area contributed by atoms with Gasteiger partial charge in [0.15, 0.2) is 0 Å². The van der Waals surface area contributed by atoms with E-state index in [0.29, 0.717) is 10.6 Å². The van der Waals surface area contributed by atoms with Crippen molar-refractivity contribution >= 4 is 33.3 Å². The van der Waals surface area contributed by atoms with Crippen LogP contribution in [-0.2, 0) is 16.4 Å². The summed E-state index contributed by atoms with van der Waals surface area (Å²) in [5.74, 6) is -0.639. The summed E-state index contributed by atoms with van der Waals surface area (Å²) in [4.78, 5) is 16.8. The van der Waals surface area contributed by atoms with E-state index in [1.54, 1.807) is 31.2 Å². The molecular weight excluding hydrogens is 332 g/mol. The molecule has 0 fully saturated rings. The molecule has 1 N–H and O–H groups in total. The van der Waals surface area contributed by atoms with Gasteiger partial charge in [0.2, 0.25) is 0 Å². The zero-order valence-corrected chi connectivity index (χ0v) is 14.6. The number of sulfonamides is 1. The lowest BCUT2D eigenvalue weighted by atomic mass is 10.2. The molecule has 0 saturated heterocycles. The van der Waals surface area contributed by atoms with Gasteiger partial charge in [0.05, 0.1) is 16.1 Å². The van der Waals surface area contributed by atoms with E-state index in [1.807, 2.05) is 13.0 Å². The number of carbonyl (C=O) groups is 1. The molecule has 0 unspecified atom stereocenters. The van der Waals surface area contributed by atoms with Gasteiger partial charge in [0, 0.05) is 0 Å². The average Bonchev–Trinajstić information content (AvgIpc) is 2.87. The quantitative estimate of drug-likeness (QED) is 0.868. The summed E-state index contributed by atoms with van der Waals surface area (Å²) in [5.41, 5.74) is 1.29. The van der Waals surface area contributed by atoms with Crippen molar-refractivity contribution < 1.29 is 13.2 Å². The van der Waals surface area contributed by atoms with Crippen molar-refractivity contribution in [3.63, 3.8) is 0 Å². The molecule has 0 radical (unpaired) electrons. The maximum Gasteiger partial charge on any atom is 0.276 e. The molecule has 1 aromatic heterocycles. The fourth-order valence-electron chi connectivity index (χ4n) is 1.93. The lowest BCUT2D eigenvalue weighted by Crippen LogP contribution is -2.28. The zero-order valence-electron chi connectivity index (χ0n) is 12.9. The summed E-state index contributed by atoms with van der Waals surface area (Å²) in [6.07, 6.45) is 3.14. The van der Waals surface area contributed by atoms with E-state index in [2.05, 4.69) is 9.71 Å². The third kappa shape index (κ3) is 5.01. The molecule has 2 rings (SSSR count). The number of nitrogens with zero attached hydrogens (tertiary/aromatic N) is 1. The number of aromatic nitrogens is 1. The molecule has 0 bridgehead atoms. The Morgan fingerprint density at radius 3 is 2.65 bits per heavy atom. The highest BCUT2D eigenvalue weighted by molar-refractivity contribution is 7.93. The topological polar surface area (TPSA) is 76.1 Å². The molecule has 1 aromatic carbocycles. The monoisotopic (exact) mass is 350 g/mol. The molecule has 0 aliphatic heterocycles. The molecule has 1 heterocycles. The first-order valence-corrected chi connectivity index (χ1v) is 9.54. The third-order valence-corrected chi connectivity index (χ3v) is 5.17. The highest BCUT2D eigenvalue weighted by atomic mass is 32.2. The van der Waals surface area contributed by atoms with Crippen LogP contribution in [0.15, 0.2) is 35.7 Å². The summed E-state index contributed by atoms with van der Waals surface area (Å²) in [6, 6.07) is 9.01. The molecule has 5 nitrogen and oxygen atoms in total. The van der Waals surface area contributed by atoms with E-state index in [9.17, 15) is 13.2 Å². The van der Waals surface area contributed by atoms with Crippen LogP contribution in [0.1, 0.15) is 39.3 Å². The van der Waals surface area contributed by atoms with E-state index in [4.69, 9.17) is 0 Å². The van der Waals surface area contributed by atoms with Crippen LogP contribution in [-0.4, -0.2) is 19.3 Å². The molecule has 0 saturated carbocycles. The molecular formula is C16H18N2O3S2. The minimum absolute atomic E-state index is 0.338. The van der Waals surface area contributed by atoms with Crippen LogP contribution >= 0.6 is 11.3 Å². The maximum atomic E-state index is 12.2. The van der Waals surface area contributed by atoms with Crippen LogP contribution in [0.5, 0.6) is 0 Å². The van der Waals surface area contributed by atoms with Gasteiger partial charge in [0.25, 0.3) is 15.9 Å². The van der Waals surface area contributed by atoms with Gasteiger partial charge in [-0.1, -0.05) is 37.3 Å². The van der Waals surface area contributed by atoms with Gasteiger partial charge >= 0.3 is 0 Å². The van der Waals surface area contributed by atoms with Crippen molar-refractivity contribution in [2.75, 3.05) is 0 Å². The number of nitrogens with one attached hydrogen (secondary N) is 1. The van der Waals surface area contributed by atoms with Crippen LogP contribution in [0.2, 0.25) is 0 Å². The van der Waals surface area contributed by atoms with E-state index < -0.39 is 15.9 Å². The van der Waals surface area contributed by atoms with Gasteiger partial charge < -0.3 is 0 Å². The van der Waals surface area contributed by atoms with Crippen LogP contribution in [0, 0.1) is 6.92 Å². The Balaban J connectivity index is 2.11. The average molecular weight is 350 g/mol. The Labute approximate surface area is 140 Å². The number of rotatable bonds is 6. The van der Waals surface area contributed by atoms with Gasteiger partial charge in [-0.3, -0.25) is 4.79 Å². The Morgan fingerprint density at radius 2 is 2.00 bits per heavy atom. The minimum Gasteiger partial charge on any atom is -0.267 e. The molecule has 23 heavy (non-hydrogen) atoms. The lowest BCUT2D eigenvalue weighted by Gasteiger charge is -2.01. The maximum absolute atomic E-state index is 12.2. The van der Waals surface area contributed by atoms with E-state index in [0.717, 1.165) is 28.8 Å². The minimum atomic E-state index is -3.85. The summed E-state index contributed by atoms with van der Waals surface area (Å²) in [6.45, 7) is 3.73. The predicted molar refractivity (Wildman–Crippen MR) is 92.7 cm³/mol. The van der Waals surface area contributed by atoms with Gasteiger partial charge in [-0.25, -0.2) is 18.1 Å². The van der Waals surface area contributed by atoms with Crippen molar-refractivity contribution in [1.82, 2.24) is 9.71 Å². The van der Waals surface area contributed by atoms with Crippen LogP contribution in [0.3, 0.4) is 0 Å². The van der Waals surface area contributed by atoms with Gasteiger partial charge in [-0.05, 0) is 31.4 Å². The highest BCUT2D eigenvalue weighted by Gasteiger charge is 2.19. The van der Waals surface area contributed by atoms with Crippen molar-refractivity contribution in [3.8, 4) is 0 Å². The third-order valence-electron chi connectivity index (χ3n) is 2.99. The zero-order chi connectivity index (χ0) is 16.9. The lowest BCUT2D eigenvalue weighted by molar-refractivity contribution is 0.0985. The Morgan fingerprint density at radius 1 is 1.30 bits per heavy atom. The fourth-order valence-corrected chi connectivity index (χ4v) is 3.82. The standard InChI is InChI=1S/C16H18N2O3S2/c1-3-7-14-17-12(2)15(22-14)16(19)18-23(20,21)11-10-13-8-5-4-6-9-13/h4-6,8-11H,3,7H2,1-2H3,(H,18,19)/b11-10+. The summed E-state index contributed by atoms with van der Waals surface area (Å²) < 4.78 is 26.0. The van der Waals surface area contributed by atoms with Gasteiger partial charge in [0.1, 0.15) is 4.88 Å². The number of carbonyl (C=O) groups excluding carboxylic acids is 1. The first-order chi connectivity index (χ1) is 10.9. The number of hydrogen-bond acceptors (Lipinski definition) is 5. The fraction of sp³-hybridized carbons (Fsp3) is 0.250. The number of benzene rings is 1. The number of amides is 1. The molecule has 2 aromatic rings. The van der Waals surface area contributed by atoms with Crippen LogP contribution in [0.4, 0.5) is 0 Å². The largest absolute Gasteiger partial charge is 0.276 e. The second kappa shape index (κ2) is 7.52. The van der Waals surface area contributed by atoms with Crippen LogP contribution in [0.25, 0.3) is 6.08 Å². The molecule has 122 valence electrons. The molecule has 0 spiro atoms. The molecule has 7 heteroatoms. The van der Waals surface area contributed by atoms with Gasteiger partial charge in [-0.15, -0.1) is 11.3 Å². The molecule has 0 atom stereocenters. The van der Waals surface area contributed by atoms with E-state index in [1.165, 1.54) is 17.4 Å². The van der Waals surface area contributed by atoms with Crippen molar-refractivity contribution in [2.24, 2.45) is 0 Å². The second-order valence-corrected chi connectivity index (χ2v) is 7.61. The second-order valence-electron chi connectivity index (χ2n) is 4.96. The summed E-state index contributed by atoms with van der Waals surface area (Å²) in [7, 11) is -3.85. The van der Waals surface area contributed by atoms with Gasteiger partial charge in [-0.2, -0.15) is 0 Å². The summed E-state index contributed by atoms with van der Waals surface area (Å²) >= 11 is 1.24. The van der Waals surface area contributed by atoms with E-state index in [-0.39, 0.29) is 0 Å². The number of aryl methyl sites for hydroxylation is 2. The normalized spacial score (nSPS) is 11.7. The van der Waals surface area contributed by atoms with Crippen molar-refractivity contribution in [2.45, 2.75) is 26.7 Å². The first-order valence-electron chi connectivity index (χ1n) is 7.18. The summed E-state index contributed by atoms with van der Waals surface area (Å²) in [5, 5.41) is 1.83. The molecule has 0 aliphatic carbocycles. The van der Waals surface area contributed by atoms with Crippen molar-refractivity contribution in [3.05, 3.63) is 56.9 Å². The molecule has 0 aliphatic rings. The van der Waals surface area contributed by atoms with E-state index >= 15 is 0 Å². The smallest absolute Gasteiger partial charge is 0.267 e. The predicted octanol–water partition coefficient (Wildman–Crippen LogP) is 3.13. The highest BCUT2D eigenvalue weighted by Crippen LogP contribution is 2.19. The SMILES string of the molecule is CCCc1nc(C)c(C(=O)NS(=O)(=O)/C=C/c2ccccc2)s1. The number of thiazole rings is 1. The Bertz CT molecular complexity index is 809. The number of hydrogen-bond donors (Lipinski definition) is 1. The first kappa shape index (κ1) is 17.4.